The first kappa shape index (κ1) is 22.3. The van der Waals surface area contributed by atoms with Crippen LogP contribution in [0.15, 0.2) is 60.8 Å². The van der Waals surface area contributed by atoms with Gasteiger partial charge in [0.1, 0.15) is 5.69 Å². The average Bonchev–Trinajstić information content (AvgIpc) is 2.81. The van der Waals surface area contributed by atoms with Gasteiger partial charge in [-0.15, -0.1) is 0 Å². The Hall–Kier alpha value is -4.40. The summed E-state index contributed by atoms with van der Waals surface area (Å²) in [4.78, 5) is 30.6. The molecule has 0 saturated carbocycles. The third-order valence-electron chi connectivity index (χ3n) is 4.46. The molecule has 2 N–H and O–H groups in total. The summed E-state index contributed by atoms with van der Waals surface area (Å²) >= 11 is 6.31. The van der Waals surface area contributed by atoms with Crippen LogP contribution in [0.1, 0.15) is 27.2 Å². The number of halogens is 1. The van der Waals surface area contributed by atoms with Crippen molar-refractivity contribution in [1.82, 2.24) is 9.88 Å². The summed E-state index contributed by atoms with van der Waals surface area (Å²) in [6, 6.07) is 18.1. The first-order valence-electron chi connectivity index (χ1n) is 9.38. The smallest absolute Gasteiger partial charge is 0.321 e. The number of carbonyl (C=O) groups is 2. The van der Waals surface area contributed by atoms with Gasteiger partial charge in [-0.1, -0.05) is 29.8 Å². The summed E-state index contributed by atoms with van der Waals surface area (Å²) in [7, 11) is 1.59. The van der Waals surface area contributed by atoms with E-state index in [1.807, 2.05) is 12.1 Å². The van der Waals surface area contributed by atoms with Crippen LogP contribution in [0.2, 0.25) is 5.02 Å². The Morgan fingerprint density at radius 2 is 1.75 bits per heavy atom. The molecule has 0 saturated heterocycles. The minimum atomic E-state index is -0.531. The molecule has 0 radical (unpaired) electrons. The molecule has 8 nitrogen and oxygen atoms in total. The zero-order valence-electron chi connectivity index (χ0n) is 17.0. The molecule has 0 atom stereocenters. The maximum Gasteiger partial charge on any atom is 0.321 e. The number of pyridine rings is 1. The summed E-state index contributed by atoms with van der Waals surface area (Å²) in [5, 5.41) is 23.8. The van der Waals surface area contributed by atoms with Crippen molar-refractivity contribution in [2.45, 2.75) is 6.54 Å². The lowest BCUT2D eigenvalue weighted by Crippen LogP contribution is -2.31. The molecular formula is C23H17ClN6O2. The van der Waals surface area contributed by atoms with Crippen LogP contribution >= 0.6 is 11.6 Å². The van der Waals surface area contributed by atoms with Gasteiger partial charge in [0.05, 0.1) is 34.0 Å². The van der Waals surface area contributed by atoms with Crippen LogP contribution in [-0.4, -0.2) is 28.9 Å². The second-order valence-corrected chi connectivity index (χ2v) is 7.16. The Kier molecular flexibility index (Phi) is 7.02. The van der Waals surface area contributed by atoms with Gasteiger partial charge in [0.25, 0.3) is 5.91 Å². The lowest BCUT2D eigenvalue weighted by Gasteiger charge is -2.21. The maximum atomic E-state index is 12.6. The molecule has 1 heterocycles. The number of hydrogen-bond donors (Lipinski definition) is 2. The Morgan fingerprint density at radius 3 is 2.50 bits per heavy atom. The molecule has 0 unspecified atom stereocenters. The summed E-state index contributed by atoms with van der Waals surface area (Å²) in [6.07, 6.45) is 1.38. The molecule has 0 aliphatic carbocycles. The van der Waals surface area contributed by atoms with Crippen molar-refractivity contribution in [3.63, 3.8) is 0 Å². The summed E-state index contributed by atoms with van der Waals surface area (Å²) in [5.74, 6) is -0.531. The molecule has 32 heavy (non-hydrogen) atoms. The number of nitriles is 2. The zero-order chi connectivity index (χ0) is 23.1. The first-order valence-corrected chi connectivity index (χ1v) is 9.76. The number of hydrogen-bond acceptors (Lipinski definition) is 5. The van der Waals surface area contributed by atoms with E-state index < -0.39 is 11.9 Å². The van der Waals surface area contributed by atoms with Crippen molar-refractivity contribution >= 4 is 34.9 Å². The van der Waals surface area contributed by atoms with E-state index >= 15 is 0 Å². The van der Waals surface area contributed by atoms with Gasteiger partial charge in [0, 0.05) is 25.5 Å². The number of carbonyl (C=O) groups excluding carboxylic acids is 2. The molecule has 2 aromatic carbocycles. The highest BCUT2D eigenvalue weighted by atomic mass is 35.5. The topological polar surface area (TPSA) is 122 Å². The van der Waals surface area contributed by atoms with Crippen LogP contribution in [0.3, 0.4) is 0 Å². The Labute approximate surface area is 189 Å². The molecule has 0 aliphatic heterocycles. The van der Waals surface area contributed by atoms with Gasteiger partial charge in [-0.05, 0) is 42.0 Å². The molecular weight excluding hydrogens is 428 g/mol. The largest absolute Gasteiger partial charge is 0.323 e. The second-order valence-electron chi connectivity index (χ2n) is 6.75. The van der Waals surface area contributed by atoms with E-state index in [1.54, 1.807) is 49.5 Å². The first-order chi connectivity index (χ1) is 15.4. The van der Waals surface area contributed by atoms with Gasteiger partial charge < -0.3 is 15.5 Å². The number of aromatic nitrogens is 1. The number of nitrogens with zero attached hydrogens (tertiary/aromatic N) is 4. The normalized spacial score (nSPS) is 9.88. The Bertz CT molecular complexity index is 1260. The minimum Gasteiger partial charge on any atom is -0.323 e. The number of nitrogens with one attached hydrogen (secondary N) is 2. The van der Waals surface area contributed by atoms with Crippen molar-refractivity contribution in [3.8, 4) is 12.1 Å². The predicted octanol–water partition coefficient (Wildman–Crippen LogP) is 4.39. The van der Waals surface area contributed by atoms with Crippen molar-refractivity contribution < 1.29 is 9.59 Å². The lowest BCUT2D eigenvalue weighted by molar-refractivity contribution is 0.102. The maximum absolute atomic E-state index is 12.6. The Balaban J connectivity index is 1.76. The molecule has 0 fully saturated rings. The quantitative estimate of drug-likeness (QED) is 0.604. The second kappa shape index (κ2) is 10.1. The standard InChI is InChI=1S/C23H17ClN6O2/c1-30(23(32)28-18-6-2-4-15(10-18)12-25)14-17-5-3-7-19(24)21(17)29-22(31)20-11-16(13-26)8-9-27-20/h2-11H,14H2,1H3,(H,28,32)(H,29,31). The van der Waals surface area contributed by atoms with Gasteiger partial charge in [-0.2, -0.15) is 10.5 Å². The van der Waals surface area contributed by atoms with Crippen molar-refractivity contribution in [2.75, 3.05) is 17.7 Å². The van der Waals surface area contributed by atoms with Crippen LogP contribution in [-0.2, 0) is 6.54 Å². The number of amides is 3. The predicted molar refractivity (Wildman–Crippen MR) is 120 cm³/mol. The average molecular weight is 445 g/mol. The molecule has 0 spiro atoms. The zero-order valence-corrected chi connectivity index (χ0v) is 17.7. The van der Waals surface area contributed by atoms with E-state index in [1.165, 1.54) is 23.2 Å². The molecule has 1 aromatic heterocycles. The number of rotatable bonds is 5. The fourth-order valence-corrected chi connectivity index (χ4v) is 3.10. The van der Waals surface area contributed by atoms with Crippen LogP contribution in [0.5, 0.6) is 0 Å². The summed E-state index contributed by atoms with van der Waals surface area (Å²) < 4.78 is 0. The van der Waals surface area contributed by atoms with Gasteiger partial charge in [0.15, 0.2) is 0 Å². The van der Waals surface area contributed by atoms with E-state index in [0.29, 0.717) is 33.1 Å². The Morgan fingerprint density at radius 1 is 1.03 bits per heavy atom. The molecule has 9 heteroatoms. The highest BCUT2D eigenvalue weighted by molar-refractivity contribution is 6.34. The molecule has 3 rings (SSSR count). The van der Waals surface area contributed by atoms with E-state index in [0.717, 1.165) is 0 Å². The fraction of sp³-hybridized carbons (Fsp3) is 0.0870. The van der Waals surface area contributed by atoms with Gasteiger partial charge >= 0.3 is 6.03 Å². The number of urea groups is 1. The molecule has 0 bridgehead atoms. The van der Waals surface area contributed by atoms with Crippen LogP contribution in [0.4, 0.5) is 16.2 Å². The molecule has 158 valence electrons. The third kappa shape index (κ3) is 5.39. The SMILES string of the molecule is CN(Cc1cccc(Cl)c1NC(=O)c1cc(C#N)ccn1)C(=O)Nc1cccc(C#N)c1. The highest BCUT2D eigenvalue weighted by Gasteiger charge is 2.17. The third-order valence-corrected chi connectivity index (χ3v) is 4.77. The van der Waals surface area contributed by atoms with Crippen molar-refractivity contribution in [3.05, 3.63) is 88.2 Å². The van der Waals surface area contributed by atoms with Gasteiger partial charge in [-0.3, -0.25) is 9.78 Å². The summed E-state index contributed by atoms with van der Waals surface area (Å²) in [6.45, 7) is 0.144. The minimum absolute atomic E-state index is 0.0680. The number of benzene rings is 2. The monoisotopic (exact) mass is 444 g/mol. The van der Waals surface area contributed by atoms with E-state index in [2.05, 4.69) is 15.6 Å². The van der Waals surface area contributed by atoms with Gasteiger partial charge in [-0.25, -0.2) is 4.79 Å². The summed E-state index contributed by atoms with van der Waals surface area (Å²) in [5.41, 5.74) is 2.24. The van der Waals surface area contributed by atoms with Crippen LogP contribution < -0.4 is 10.6 Å². The highest BCUT2D eigenvalue weighted by Crippen LogP contribution is 2.27. The number of anilines is 2. The fourth-order valence-electron chi connectivity index (χ4n) is 2.86. The van der Waals surface area contributed by atoms with Gasteiger partial charge in [0.2, 0.25) is 0 Å². The molecule has 3 amide bonds. The molecule has 0 aliphatic rings. The van der Waals surface area contributed by atoms with E-state index in [9.17, 15) is 9.59 Å². The van der Waals surface area contributed by atoms with Crippen molar-refractivity contribution in [1.29, 1.82) is 10.5 Å². The van der Waals surface area contributed by atoms with E-state index in [4.69, 9.17) is 22.1 Å². The van der Waals surface area contributed by atoms with E-state index in [-0.39, 0.29) is 12.2 Å². The number of para-hydroxylation sites is 1. The van der Waals surface area contributed by atoms with Crippen LogP contribution in [0, 0.1) is 22.7 Å². The van der Waals surface area contributed by atoms with Crippen LogP contribution in [0.25, 0.3) is 0 Å². The lowest BCUT2D eigenvalue weighted by atomic mass is 10.1. The van der Waals surface area contributed by atoms with Crippen molar-refractivity contribution in [2.24, 2.45) is 0 Å². The molecule has 3 aromatic rings.